The average Bonchev–Trinajstić information content (AvgIpc) is 3.21. The number of ketones is 1. The van der Waals surface area contributed by atoms with Crippen LogP contribution in [0.2, 0.25) is 0 Å². The van der Waals surface area contributed by atoms with Gasteiger partial charge in [0.1, 0.15) is 11.4 Å². The van der Waals surface area contributed by atoms with E-state index < -0.39 is 5.97 Å². The molecule has 6 heteroatoms. The lowest BCUT2D eigenvalue weighted by Crippen LogP contribution is -2.01. The molecule has 0 aliphatic carbocycles. The highest BCUT2D eigenvalue weighted by molar-refractivity contribution is 6.18. The summed E-state index contributed by atoms with van der Waals surface area (Å²) in [6, 6.07) is 16.3. The Hall–Kier alpha value is -4.19. The molecule has 0 unspecified atom stereocenters. The molecule has 2 N–H and O–H groups in total. The third-order valence-electron chi connectivity index (χ3n) is 4.77. The van der Waals surface area contributed by atoms with Crippen LogP contribution in [0, 0.1) is 0 Å². The van der Waals surface area contributed by atoms with E-state index in [1.165, 1.54) is 6.08 Å². The molecule has 0 aliphatic heterocycles. The number of hydrogen-bond acceptors (Lipinski definition) is 4. The zero-order valence-electron chi connectivity index (χ0n) is 16.1. The number of H-pyrrole nitrogens is 1. The van der Waals surface area contributed by atoms with Gasteiger partial charge in [0.05, 0.1) is 12.7 Å². The van der Waals surface area contributed by atoms with E-state index >= 15 is 0 Å². The molecular formula is C24H18N2O4. The van der Waals surface area contributed by atoms with Crippen molar-refractivity contribution in [1.82, 2.24) is 9.97 Å². The van der Waals surface area contributed by atoms with Crippen molar-refractivity contribution in [1.29, 1.82) is 0 Å². The Morgan fingerprint density at radius 3 is 2.73 bits per heavy atom. The normalized spacial score (nSPS) is 11.1. The Bertz CT molecular complexity index is 1290. The molecule has 0 saturated carbocycles. The van der Waals surface area contributed by atoms with E-state index in [0.717, 1.165) is 22.8 Å². The van der Waals surface area contributed by atoms with Crippen LogP contribution in [-0.2, 0) is 4.79 Å². The molecule has 148 valence electrons. The van der Waals surface area contributed by atoms with E-state index in [4.69, 9.17) is 9.84 Å². The molecule has 0 bridgehead atoms. The quantitative estimate of drug-likeness (QED) is 0.367. The molecule has 0 atom stereocenters. The molecule has 2 aromatic carbocycles. The topological polar surface area (TPSA) is 92.3 Å². The summed E-state index contributed by atoms with van der Waals surface area (Å²) in [6.07, 6.45) is 5.96. The number of aromatic nitrogens is 2. The molecule has 4 aromatic rings. The third kappa shape index (κ3) is 3.71. The molecule has 2 aromatic heterocycles. The highest BCUT2D eigenvalue weighted by Gasteiger charge is 2.18. The van der Waals surface area contributed by atoms with Crippen molar-refractivity contribution in [3.8, 4) is 16.9 Å². The number of nitrogens with zero attached hydrogens (tertiary/aromatic N) is 1. The van der Waals surface area contributed by atoms with Gasteiger partial charge in [0.2, 0.25) is 0 Å². The third-order valence-corrected chi connectivity index (χ3v) is 4.77. The second-order valence-corrected chi connectivity index (χ2v) is 6.64. The molecule has 2 heterocycles. The van der Waals surface area contributed by atoms with Gasteiger partial charge in [-0.2, -0.15) is 0 Å². The minimum Gasteiger partial charge on any atom is -0.497 e. The first-order valence-corrected chi connectivity index (χ1v) is 9.23. The Kier molecular flexibility index (Phi) is 5.13. The summed E-state index contributed by atoms with van der Waals surface area (Å²) < 4.78 is 5.24. The molecule has 0 spiro atoms. The first-order valence-electron chi connectivity index (χ1n) is 9.23. The van der Waals surface area contributed by atoms with Crippen LogP contribution < -0.4 is 4.74 Å². The van der Waals surface area contributed by atoms with Crippen LogP contribution in [0.5, 0.6) is 5.75 Å². The van der Waals surface area contributed by atoms with Crippen LogP contribution in [0.25, 0.3) is 28.2 Å². The van der Waals surface area contributed by atoms with Crippen LogP contribution in [0.15, 0.2) is 73.1 Å². The van der Waals surface area contributed by atoms with Crippen molar-refractivity contribution in [2.45, 2.75) is 0 Å². The number of carbonyl (C=O) groups is 2. The second-order valence-electron chi connectivity index (χ2n) is 6.64. The average molecular weight is 398 g/mol. The zero-order valence-corrected chi connectivity index (χ0v) is 16.1. The van der Waals surface area contributed by atoms with Gasteiger partial charge in [0, 0.05) is 29.4 Å². The lowest BCUT2D eigenvalue weighted by atomic mass is 9.96. The van der Waals surface area contributed by atoms with Gasteiger partial charge < -0.3 is 14.8 Å². The van der Waals surface area contributed by atoms with E-state index in [0.29, 0.717) is 27.9 Å². The predicted octanol–water partition coefficient (Wildman–Crippen LogP) is 4.57. The summed E-state index contributed by atoms with van der Waals surface area (Å²) in [7, 11) is 1.56. The number of carboxylic acid groups (broad SMARTS) is 1. The molecule has 4 rings (SSSR count). The Labute approximate surface area is 172 Å². The van der Waals surface area contributed by atoms with E-state index in [-0.39, 0.29) is 5.78 Å². The van der Waals surface area contributed by atoms with Gasteiger partial charge in [0.15, 0.2) is 5.78 Å². The van der Waals surface area contributed by atoms with E-state index in [2.05, 4.69) is 9.97 Å². The molecule has 0 amide bonds. The fraction of sp³-hybridized carbons (Fsp3) is 0.0417. The largest absolute Gasteiger partial charge is 0.497 e. The lowest BCUT2D eigenvalue weighted by Gasteiger charge is -2.08. The molecule has 0 radical (unpaired) electrons. The number of aliphatic carboxylic acids is 1. The van der Waals surface area contributed by atoms with Crippen molar-refractivity contribution in [3.05, 3.63) is 89.8 Å². The number of benzene rings is 2. The number of methoxy groups -OCH3 is 1. The molecule has 0 fully saturated rings. The highest BCUT2D eigenvalue weighted by atomic mass is 16.5. The van der Waals surface area contributed by atoms with E-state index in [1.807, 2.05) is 30.3 Å². The molecular weight excluding hydrogens is 380 g/mol. The minimum atomic E-state index is -1.01. The monoisotopic (exact) mass is 398 g/mol. The minimum absolute atomic E-state index is 0.142. The summed E-state index contributed by atoms with van der Waals surface area (Å²) in [4.78, 5) is 31.5. The molecule has 6 nitrogen and oxygen atoms in total. The van der Waals surface area contributed by atoms with Gasteiger partial charge >= 0.3 is 5.97 Å². The molecule has 30 heavy (non-hydrogen) atoms. The van der Waals surface area contributed by atoms with Crippen LogP contribution in [0.4, 0.5) is 0 Å². The Balaban J connectivity index is 1.83. The predicted molar refractivity (Wildman–Crippen MR) is 115 cm³/mol. The summed E-state index contributed by atoms with van der Waals surface area (Å²) in [5.41, 5.74) is 4.06. The van der Waals surface area contributed by atoms with Gasteiger partial charge in [0.25, 0.3) is 0 Å². The lowest BCUT2D eigenvalue weighted by molar-refractivity contribution is -0.131. The van der Waals surface area contributed by atoms with Crippen LogP contribution in [0.1, 0.15) is 21.5 Å². The number of pyridine rings is 1. The maximum absolute atomic E-state index is 13.2. The Morgan fingerprint density at radius 1 is 1.10 bits per heavy atom. The number of rotatable bonds is 6. The van der Waals surface area contributed by atoms with Gasteiger partial charge in [-0.3, -0.25) is 4.79 Å². The highest BCUT2D eigenvalue weighted by Crippen LogP contribution is 2.32. The van der Waals surface area contributed by atoms with E-state index in [1.54, 1.807) is 43.8 Å². The summed E-state index contributed by atoms with van der Waals surface area (Å²) in [5.74, 6) is -0.545. The maximum atomic E-state index is 13.2. The van der Waals surface area contributed by atoms with E-state index in [9.17, 15) is 9.59 Å². The summed E-state index contributed by atoms with van der Waals surface area (Å²) >= 11 is 0. The second kappa shape index (κ2) is 8.05. The summed E-state index contributed by atoms with van der Waals surface area (Å²) in [6.45, 7) is 0. The van der Waals surface area contributed by atoms with Crippen LogP contribution in [-0.4, -0.2) is 33.9 Å². The summed E-state index contributed by atoms with van der Waals surface area (Å²) in [5, 5.41) is 9.58. The van der Waals surface area contributed by atoms with Gasteiger partial charge in [-0.1, -0.05) is 30.3 Å². The Morgan fingerprint density at radius 2 is 1.93 bits per heavy atom. The number of nitrogens with one attached hydrogen (secondary N) is 1. The van der Waals surface area contributed by atoms with Crippen LogP contribution in [0.3, 0.4) is 0 Å². The van der Waals surface area contributed by atoms with Crippen molar-refractivity contribution in [2.24, 2.45) is 0 Å². The number of ether oxygens (including phenoxy) is 1. The fourth-order valence-electron chi connectivity index (χ4n) is 3.37. The molecule has 0 saturated heterocycles. The standard InChI is InChI=1S/C24H18N2O4/c1-30-18-7-3-6-17(13-18)23(29)20-14-26-24-22(20)19(10-11-25-24)16-5-2-4-15(12-16)8-9-21(27)28/h2-14H,1H3,(H,25,26)(H,27,28)/b9-8+. The smallest absolute Gasteiger partial charge is 0.328 e. The van der Waals surface area contributed by atoms with Crippen LogP contribution >= 0.6 is 0 Å². The number of carbonyl (C=O) groups excluding carboxylic acids is 1. The number of aromatic amines is 1. The number of carboxylic acids is 1. The van der Waals surface area contributed by atoms with Crippen molar-refractivity contribution in [2.75, 3.05) is 7.11 Å². The number of hydrogen-bond donors (Lipinski definition) is 2. The first-order chi connectivity index (χ1) is 14.6. The molecule has 0 aliphatic rings. The fourth-order valence-corrected chi connectivity index (χ4v) is 3.37. The van der Waals surface area contributed by atoms with Crippen molar-refractivity contribution in [3.63, 3.8) is 0 Å². The van der Waals surface area contributed by atoms with Gasteiger partial charge in [-0.15, -0.1) is 0 Å². The van der Waals surface area contributed by atoms with Crippen molar-refractivity contribution < 1.29 is 19.4 Å². The van der Waals surface area contributed by atoms with Gasteiger partial charge in [-0.25, -0.2) is 9.78 Å². The zero-order chi connectivity index (χ0) is 21.1. The van der Waals surface area contributed by atoms with Crippen molar-refractivity contribution >= 4 is 28.9 Å². The first kappa shape index (κ1) is 19.1. The number of fused-ring (bicyclic) bond motifs is 1. The maximum Gasteiger partial charge on any atom is 0.328 e. The SMILES string of the molecule is COc1cccc(C(=O)c2c[nH]c3nccc(-c4cccc(/C=C/C(=O)O)c4)c23)c1. The van der Waals surface area contributed by atoms with Gasteiger partial charge in [-0.05, 0) is 47.0 Å².